The van der Waals surface area contributed by atoms with Gasteiger partial charge in [0.25, 0.3) is 0 Å². The van der Waals surface area contributed by atoms with E-state index in [1.807, 2.05) is 66.2 Å². The molecule has 0 fully saturated rings. The molecule has 54 heavy (non-hydrogen) atoms. The van der Waals surface area contributed by atoms with E-state index >= 15 is 0 Å². The second kappa shape index (κ2) is 27.2. The fourth-order valence-corrected chi connectivity index (χ4v) is 3.62. The Bertz CT molecular complexity index is 1990. The van der Waals surface area contributed by atoms with Gasteiger partial charge in [0.15, 0.2) is 11.6 Å². The van der Waals surface area contributed by atoms with Gasteiger partial charge in [0.1, 0.15) is 0 Å². The molecule has 0 spiro atoms. The van der Waals surface area contributed by atoms with Crippen molar-refractivity contribution in [1.29, 1.82) is 10.6 Å². The summed E-state index contributed by atoms with van der Waals surface area (Å²) in [6, 6.07) is 10.8. The second-order valence-corrected chi connectivity index (χ2v) is 10.4. The number of aromatic amines is 2. The van der Waals surface area contributed by atoms with Crippen LogP contribution in [0.4, 0.5) is 0 Å². The zero-order valence-corrected chi connectivity index (χ0v) is 28.3. The molecule has 6 rings (SSSR count). The number of nitrogens with one attached hydrogen (secondary N) is 4. The summed E-state index contributed by atoms with van der Waals surface area (Å²) in [4.78, 5) is 49.8. The molecule has 6 aromatic heterocycles. The van der Waals surface area contributed by atoms with Crippen LogP contribution in [0.2, 0.25) is 0 Å². The summed E-state index contributed by atoms with van der Waals surface area (Å²) >= 11 is 0. The first kappa shape index (κ1) is 51.9. The predicted octanol–water partition coefficient (Wildman–Crippen LogP) is 7.55. The van der Waals surface area contributed by atoms with E-state index in [1.54, 1.807) is 63.0 Å². The molecule has 0 aliphatic heterocycles. The molecule has 0 unspecified atom stereocenters. The van der Waals surface area contributed by atoms with E-state index in [4.69, 9.17) is 10.6 Å². The topological polar surface area (TPSA) is 213 Å². The quantitative estimate of drug-likeness (QED) is 0.0457. The van der Waals surface area contributed by atoms with Crippen LogP contribution in [0.3, 0.4) is 0 Å². The summed E-state index contributed by atoms with van der Waals surface area (Å²) in [5.74, 6) is -0.347. The number of aliphatic hydroxyl groups is 1. The van der Waals surface area contributed by atoms with E-state index in [-0.39, 0.29) is 58.6 Å². The van der Waals surface area contributed by atoms with Crippen molar-refractivity contribution in [3.8, 4) is 0 Å². The van der Waals surface area contributed by atoms with Gasteiger partial charge in [-0.1, -0.05) is 29.7 Å². The van der Waals surface area contributed by atoms with E-state index in [2.05, 4.69) is 20.2 Å². The zero-order valence-electron chi connectivity index (χ0n) is 28.3. The van der Waals surface area contributed by atoms with Crippen molar-refractivity contribution in [2.45, 2.75) is 50.5 Å². The number of carbonyl (C=O) groups is 4. The normalized spacial score (nSPS) is 9.09. The van der Waals surface area contributed by atoms with E-state index in [0.29, 0.717) is 11.1 Å². The van der Waals surface area contributed by atoms with Crippen molar-refractivity contribution in [2.24, 2.45) is 14.1 Å². The van der Waals surface area contributed by atoms with Crippen LogP contribution in [0.5, 0.6) is 0 Å². The number of hydrogen-bond donors (Lipinski definition) is 5. The zero-order chi connectivity index (χ0) is 37.1. The van der Waals surface area contributed by atoms with Crippen molar-refractivity contribution in [3.63, 3.8) is 0 Å². The Labute approximate surface area is 319 Å². The summed E-state index contributed by atoms with van der Waals surface area (Å²) in [6.07, 6.45) is 19.7. The average molecular weight is 741 g/mol. The Balaban J connectivity index is -0.000000618. The molecule has 17 heteroatoms. The van der Waals surface area contributed by atoms with Gasteiger partial charge in [-0.3, -0.25) is 9.59 Å². The Morgan fingerprint density at radius 1 is 0.704 bits per heavy atom. The standard InChI is InChI=1S/C9H8BN5O2.C7H9NO.C6H7BN2O.C6H7NO.C5H7N.4CH4/c11-10-15-2-1-6(4-15)7(16)3-8(17)9-12-5-13-14-9;1-6(9)7-3-4-8(2)5-7;1-5(10)6-2-3-9(4-6)7-8;1-5(8)6-2-3-7-4-6;1-6-4-2-3-5-6;;;;/h1-5,11,16H,(H,12,13,14);3-5H,1-2H3;2-4,8H,1H3;2-4,7H,1H3;2-5H,1H3;4*1H4. The van der Waals surface area contributed by atoms with Crippen LogP contribution in [0.1, 0.15) is 97.7 Å². The van der Waals surface area contributed by atoms with Gasteiger partial charge in [-0.25, -0.2) is 0 Å². The van der Waals surface area contributed by atoms with E-state index in [9.17, 15) is 24.3 Å². The molecule has 6 aromatic rings. The van der Waals surface area contributed by atoms with Gasteiger partial charge in [0.2, 0.25) is 0 Å². The van der Waals surface area contributed by atoms with Crippen molar-refractivity contribution in [1.82, 2.24) is 38.3 Å². The second-order valence-electron chi connectivity index (χ2n) is 10.4. The maximum atomic E-state index is 11.5. The summed E-state index contributed by atoms with van der Waals surface area (Å²) in [6.45, 7) is 4.61. The monoisotopic (exact) mass is 740 g/mol. The first-order chi connectivity index (χ1) is 23.8. The van der Waals surface area contributed by atoms with Crippen LogP contribution < -0.4 is 0 Å². The van der Waals surface area contributed by atoms with Gasteiger partial charge in [-0.15, -0.1) is 0 Å². The molecule has 6 heterocycles. The van der Waals surface area contributed by atoms with Crippen molar-refractivity contribution >= 4 is 43.3 Å². The third kappa shape index (κ3) is 18.6. The van der Waals surface area contributed by atoms with Crippen LogP contribution in [0.25, 0.3) is 5.76 Å². The Kier molecular flexibility index (Phi) is 26.1. The van der Waals surface area contributed by atoms with Crippen LogP contribution in [-0.2, 0) is 14.1 Å². The molecule has 0 saturated carbocycles. The fraction of sp³-hybridized carbons (Fsp3) is 0.243. The molecule has 5 N–H and O–H groups in total. The molecule has 0 aliphatic carbocycles. The maximum absolute atomic E-state index is 11.5. The minimum absolute atomic E-state index is 0. The number of H-pyrrole nitrogens is 2. The summed E-state index contributed by atoms with van der Waals surface area (Å²) < 4.78 is 6.83. The molecule has 288 valence electrons. The van der Waals surface area contributed by atoms with Crippen molar-refractivity contribution < 1.29 is 24.3 Å². The molecule has 0 amide bonds. The minimum atomic E-state index is -0.470. The number of Topliss-reactive ketones (excluding diaryl/α,β-unsaturated/α-hetero) is 3. The Morgan fingerprint density at radius 3 is 1.52 bits per heavy atom. The van der Waals surface area contributed by atoms with Crippen LogP contribution in [0.15, 0.2) is 111 Å². The van der Waals surface area contributed by atoms with Gasteiger partial charge in [-0.2, -0.15) is 0 Å². The number of aromatic nitrogens is 8. The number of ketones is 4. The third-order valence-electron chi connectivity index (χ3n) is 6.34. The summed E-state index contributed by atoms with van der Waals surface area (Å²) in [5, 5.41) is 29.5. The van der Waals surface area contributed by atoms with Gasteiger partial charge < -0.3 is 14.1 Å². The number of rotatable bonds is 8. The van der Waals surface area contributed by atoms with Gasteiger partial charge >= 0.3 is 154 Å². The molecular weight excluding hydrogens is 686 g/mol. The van der Waals surface area contributed by atoms with Gasteiger partial charge in [0, 0.05) is 62.4 Å². The van der Waals surface area contributed by atoms with Crippen LogP contribution >= 0.6 is 0 Å². The summed E-state index contributed by atoms with van der Waals surface area (Å²) in [7, 11) is 6.12. The Hall–Kier alpha value is -6.51. The first-order valence-electron chi connectivity index (χ1n) is 14.9. The third-order valence-corrected chi connectivity index (χ3v) is 6.34. The molecule has 0 aromatic carbocycles. The number of hydrogen-bond acceptors (Lipinski definition) is 9. The SMILES string of the molecule is C.C.C.C.CC(=O)c1cc[nH]c1.CC(=O)c1ccn(B=N)c1.CC(=O)c1ccn(C)c1.Cn1cccc1.N=Bn1ccc(C(O)=CC(=O)c2ncn[nH]2)c1. The van der Waals surface area contributed by atoms with E-state index in [0.717, 1.165) is 31.6 Å². The Morgan fingerprint density at radius 2 is 1.20 bits per heavy atom. The number of aliphatic hydroxyl groups excluding tert-OH is 1. The molecule has 0 bridgehead atoms. The summed E-state index contributed by atoms with van der Waals surface area (Å²) in [5.41, 5.74) is 2.60. The number of aryl methyl sites for hydroxylation is 2. The molecular formula is C37H54B2N10O5. The van der Waals surface area contributed by atoms with E-state index in [1.165, 1.54) is 28.4 Å². The van der Waals surface area contributed by atoms with Gasteiger partial charge in [0.05, 0.1) is 0 Å². The molecule has 0 atom stereocenters. The molecule has 0 aliphatic rings. The van der Waals surface area contributed by atoms with Crippen LogP contribution in [-0.4, -0.2) is 80.9 Å². The predicted molar refractivity (Wildman–Crippen MR) is 216 cm³/mol. The first-order valence-corrected chi connectivity index (χ1v) is 14.9. The molecule has 0 radical (unpaired) electrons. The average Bonchev–Trinajstić information content (AvgIpc) is 3.94. The number of allylic oxidation sites excluding steroid dienone is 1. The van der Waals surface area contributed by atoms with Crippen molar-refractivity contribution in [2.75, 3.05) is 0 Å². The number of nitrogens with zero attached hydrogens (tertiary/aromatic N) is 6. The molecule has 15 nitrogen and oxygen atoms in total. The van der Waals surface area contributed by atoms with Crippen LogP contribution in [0, 0.1) is 10.6 Å². The van der Waals surface area contributed by atoms with Gasteiger partial charge in [-0.05, 0) is 38.1 Å². The fourth-order valence-electron chi connectivity index (χ4n) is 3.62. The van der Waals surface area contributed by atoms with Crippen molar-refractivity contribution in [3.05, 3.63) is 139 Å². The number of carbonyl (C=O) groups excluding carboxylic acids is 4. The molecule has 0 saturated heterocycles. The van der Waals surface area contributed by atoms with E-state index < -0.39 is 5.78 Å².